The molecule has 0 bridgehead atoms. The second kappa shape index (κ2) is 8.24. The van der Waals surface area contributed by atoms with Crippen LogP contribution in [-0.2, 0) is 15.7 Å². The first-order valence-electron chi connectivity index (χ1n) is 8.33. The van der Waals surface area contributed by atoms with Crippen molar-refractivity contribution in [3.8, 4) is 11.4 Å². The monoisotopic (exact) mass is 382 g/mol. The van der Waals surface area contributed by atoms with E-state index in [0.29, 0.717) is 5.69 Å². The van der Waals surface area contributed by atoms with Crippen LogP contribution in [0.5, 0.6) is 0 Å². The molecule has 0 amide bonds. The molecule has 0 radical (unpaired) electrons. The van der Waals surface area contributed by atoms with Crippen molar-refractivity contribution in [3.63, 3.8) is 0 Å². The number of nitrogens with zero attached hydrogens (tertiary/aromatic N) is 3. The molecule has 0 saturated carbocycles. The molecule has 0 aliphatic carbocycles. The van der Waals surface area contributed by atoms with Crippen molar-refractivity contribution in [3.05, 3.63) is 36.2 Å². The lowest BCUT2D eigenvalue weighted by atomic mass is 10.1. The molecule has 0 saturated heterocycles. The number of ether oxygens (including phenoxy) is 1. The van der Waals surface area contributed by atoms with E-state index in [9.17, 15) is 18.0 Å². The van der Waals surface area contributed by atoms with Crippen LogP contribution in [-0.4, -0.2) is 32.9 Å². The molecule has 0 unspecified atom stereocenters. The Hall–Kier alpha value is -2.84. The van der Waals surface area contributed by atoms with Crippen LogP contribution in [0.4, 0.5) is 18.9 Å². The van der Waals surface area contributed by atoms with Crippen molar-refractivity contribution < 1.29 is 22.7 Å². The Morgan fingerprint density at radius 1 is 1.22 bits per heavy atom. The number of benzene rings is 1. The summed E-state index contributed by atoms with van der Waals surface area (Å²) in [4.78, 5) is 15.5. The van der Waals surface area contributed by atoms with E-state index in [-0.39, 0.29) is 23.5 Å². The first kappa shape index (κ1) is 20.5. The highest BCUT2D eigenvalue weighted by atomic mass is 19.4. The average Bonchev–Trinajstić information content (AvgIpc) is 2.99. The highest BCUT2D eigenvalue weighted by molar-refractivity contribution is 5.85. The Morgan fingerprint density at radius 2 is 1.93 bits per heavy atom. The Bertz CT molecular complexity index is 826. The molecule has 0 spiro atoms. The zero-order valence-electron chi connectivity index (χ0n) is 15.4. The summed E-state index contributed by atoms with van der Waals surface area (Å²) in [7, 11) is 0. The molecule has 1 N–H and O–H groups in total. The molecular formula is C18H21F3N4O2. The SMILES string of the molecule is CC(C)Nc1cc(-c2ncn(/C=C/C(=O)OC(C)C)n2)cc(C(F)(F)F)c1. The van der Waals surface area contributed by atoms with Gasteiger partial charge in [-0.2, -0.15) is 13.2 Å². The largest absolute Gasteiger partial charge is 0.460 e. The van der Waals surface area contributed by atoms with Gasteiger partial charge in [0.25, 0.3) is 0 Å². The van der Waals surface area contributed by atoms with Crippen LogP contribution in [0.3, 0.4) is 0 Å². The summed E-state index contributed by atoms with van der Waals surface area (Å²) in [6, 6.07) is 3.54. The summed E-state index contributed by atoms with van der Waals surface area (Å²) in [6.07, 6.45) is -0.972. The Balaban J connectivity index is 2.31. The molecule has 27 heavy (non-hydrogen) atoms. The quantitative estimate of drug-likeness (QED) is 0.599. The predicted octanol–water partition coefficient (Wildman–Crippen LogP) is 4.21. The molecule has 146 valence electrons. The van der Waals surface area contributed by atoms with E-state index >= 15 is 0 Å². The molecule has 2 aromatic rings. The summed E-state index contributed by atoms with van der Waals surface area (Å²) < 4.78 is 45.7. The number of nitrogens with one attached hydrogen (secondary N) is 1. The molecule has 6 nitrogen and oxygen atoms in total. The van der Waals surface area contributed by atoms with Crippen LogP contribution in [0.1, 0.15) is 33.3 Å². The standard InChI is InChI=1S/C18H21F3N4O2/c1-11(2)23-15-8-13(7-14(9-15)18(19,20)21)17-22-10-25(24-17)6-5-16(26)27-12(3)4/h5-12,23H,1-4H3/b6-5+. The number of hydrogen-bond acceptors (Lipinski definition) is 5. The Morgan fingerprint density at radius 3 is 2.52 bits per heavy atom. The molecule has 0 aliphatic heterocycles. The lowest BCUT2D eigenvalue weighted by molar-refractivity contribution is -0.141. The molecule has 9 heteroatoms. The van der Waals surface area contributed by atoms with Gasteiger partial charge in [-0.3, -0.25) is 0 Å². The number of aromatic nitrogens is 3. The number of carbonyl (C=O) groups excluding carboxylic acids is 1. The Labute approximate surface area is 155 Å². The van der Waals surface area contributed by atoms with E-state index in [2.05, 4.69) is 15.4 Å². The molecule has 1 aromatic carbocycles. The van der Waals surface area contributed by atoms with Crippen LogP contribution >= 0.6 is 0 Å². The minimum atomic E-state index is -4.49. The van der Waals surface area contributed by atoms with Crippen molar-refractivity contribution >= 4 is 17.9 Å². The van der Waals surface area contributed by atoms with Gasteiger partial charge in [-0.05, 0) is 45.9 Å². The summed E-state index contributed by atoms with van der Waals surface area (Å²) in [5.41, 5.74) is -0.261. The molecular weight excluding hydrogens is 361 g/mol. The maximum absolute atomic E-state index is 13.2. The fourth-order valence-electron chi connectivity index (χ4n) is 2.22. The van der Waals surface area contributed by atoms with Crippen LogP contribution in [0.25, 0.3) is 17.6 Å². The second-order valence-corrected chi connectivity index (χ2v) is 6.45. The maximum Gasteiger partial charge on any atom is 0.416 e. The maximum atomic E-state index is 13.2. The number of carbonyl (C=O) groups is 1. The molecule has 0 aliphatic rings. The highest BCUT2D eigenvalue weighted by Gasteiger charge is 2.31. The number of esters is 1. The number of hydrogen-bond donors (Lipinski definition) is 1. The third kappa shape index (κ3) is 6.12. The summed E-state index contributed by atoms with van der Waals surface area (Å²) in [5, 5.41) is 7.05. The first-order chi connectivity index (χ1) is 12.5. The summed E-state index contributed by atoms with van der Waals surface area (Å²) >= 11 is 0. The summed E-state index contributed by atoms with van der Waals surface area (Å²) in [6.45, 7) is 7.09. The van der Waals surface area contributed by atoms with Crippen molar-refractivity contribution in [1.82, 2.24) is 14.8 Å². The van der Waals surface area contributed by atoms with Gasteiger partial charge in [-0.15, -0.1) is 5.10 Å². The first-order valence-corrected chi connectivity index (χ1v) is 8.33. The number of alkyl halides is 3. The van der Waals surface area contributed by atoms with Gasteiger partial charge >= 0.3 is 12.1 Å². The van der Waals surface area contributed by atoms with E-state index in [1.165, 1.54) is 17.2 Å². The predicted molar refractivity (Wildman–Crippen MR) is 95.8 cm³/mol. The fourth-order valence-corrected chi connectivity index (χ4v) is 2.22. The van der Waals surface area contributed by atoms with Gasteiger partial charge in [-0.25, -0.2) is 14.5 Å². The van der Waals surface area contributed by atoms with Crippen LogP contribution in [0.2, 0.25) is 0 Å². The lowest BCUT2D eigenvalue weighted by Crippen LogP contribution is -2.12. The zero-order chi connectivity index (χ0) is 20.2. The average molecular weight is 382 g/mol. The highest BCUT2D eigenvalue weighted by Crippen LogP contribution is 2.34. The van der Waals surface area contributed by atoms with Gasteiger partial charge in [0, 0.05) is 29.6 Å². The van der Waals surface area contributed by atoms with Gasteiger partial charge < -0.3 is 10.1 Å². The molecule has 0 fully saturated rings. The molecule has 1 heterocycles. The van der Waals surface area contributed by atoms with Crippen LogP contribution in [0, 0.1) is 0 Å². The lowest BCUT2D eigenvalue weighted by Gasteiger charge is -2.14. The van der Waals surface area contributed by atoms with E-state index in [1.807, 2.05) is 13.8 Å². The molecule has 0 atom stereocenters. The minimum absolute atomic E-state index is 0.0400. The minimum Gasteiger partial charge on any atom is -0.460 e. The van der Waals surface area contributed by atoms with E-state index < -0.39 is 17.7 Å². The van der Waals surface area contributed by atoms with Crippen molar-refractivity contribution in [2.75, 3.05) is 5.32 Å². The van der Waals surface area contributed by atoms with Crippen molar-refractivity contribution in [1.29, 1.82) is 0 Å². The molecule has 1 aromatic heterocycles. The van der Waals surface area contributed by atoms with E-state index in [1.54, 1.807) is 19.9 Å². The zero-order valence-corrected chi connectivity index (χ0v) is 15.4. The second-order valence-electron chi connectivity index (χ2n) is 6.45. The smallest absolute Gasteiger partial charge is 0.416 e. The van der Waals surface area contributed by atoms with Crippen molar-refractivity contribution in [2.24, 2.45) is 0 Å². The van der Waals surface area contributed by atoms with Gasteiger partial charge in [-0.1, -0.05) is 0 Å². The van der Waals surface area contributed by atoms with E-state index in [4.69, 9.17) is 4.74 Å². The van der Waals surface area contributed by atoms with Crippen molar-refractivity contribution in [2.45, 2.75) is 46.0 Å². The third-order valence-corrected chi connectivity index (χ3v) is 3.20. The van der Waals surface area contributed by atoms with Gasteiger partial charge in [0.1, 0.15) is 6.33 Å². The van der Waals surface area contributed by atoms with Crippen LogP contribution in [0.15, 0.2) is 30.6 Å². The number of anilines is 1. The third-order valence-electron chi connectivity index (χ3n) is 3.20. The van der Waals surface area contributed by atoms with Gasteiger partial charge in [0.15, 0.2) is 5.82 Å². The number of halogens is 3. The number of rotatable bonds is 6. The normalized spacial score (nSPS) is 12.2. The summed E-state index contributed by atoms with van der Waals surface area (Å²) in [5.74, 6) is -0.445. The molecule has 2 rings (SSSR count). The van der Waals surface area contributed by atoms with Gasteiger partial charge in [0.05, 0.1) is 11.7 Å². The topological polar surface area (TPSA) is 69.0 Å². The van der Waals surface area contributed by atoms with Crippen LogP contribution < -0.4 is 5.32 Å². The Kier molecular flexibility index (Phi) is 6.24. The van der Waals surface area contributed by atoms with E-state index in [0.717, 1.165) is 18.2 Å². The van der Waals surface area contributed by atoms with Gasteiger partial charge in [0.2, 0.25) is 0 Å². The fraction of sp³-hybridized carbons (Fsp3) is 0.389.